The number of aliphatic hydroxyl groups excluding tert-OH is 2. The van der Waals surface area contributed by atoms with Gasteiger partial charge in [0.15, 0.2) is 0 Å². The highest BCUT2D eigenvalue weighted by Crippen LogP contribution is 2.40. The van der Waals surface area contributed by atoms with Crippen molar-refractivity contribution in [1.82, 2.24) is 14.5 Å². The smallest absolute Gasteiger partial charge is 0.143 e. The standard InChI is InChI=1S/C22H26N4O3/c1-12-14-8-9-26(22(14)25-11-24-12)16-10-18(21(28)20(16)27)29-17-7-3-5-13-4-2-6-15(23)19(13)17/h3,5,7-9,11,15-16,18,20-21,27-28H,2,4,6,10,23H2,1H3/t15-,16-,18+,20+,21-/m1/s1. The number of aromatic nitrogens is 3. The molecule has 2 aromatic heterocycles. The molecule has 0 aliphatic heterocycles. The summed E-state index contributed by atoms with van der Waals surface area (Å²) in [7, 11) is 0. The molecule has 0 saturated heterocycles. The Labute approximate surface area is 169 Å². The van der Waals surface area contributed by atoms with Crippen LogP contribution in [0.2, 0.25) is 0 Å². The van der Waals surface area contributed by atoms with E-state index in [1.54, 1.807) is 0 Å². The van der Waals surface area contributed by atoms with Crippen molar-refractivity contribution in [2.24, 2.45) is 5.73 Å². The largest absolute Gasteiger partial charge is 0.487 e. The Morgan fingerprint density at radius 3 is 2.90 bits per heavy atom. The van der Waals surface area contributed by atoms with E-state index in [2.05, 4.69) is 16.0 Å². The summed E-state index contributed by atoms with van der Waals surface area (Å²) in [5, 5.41) is 22.5. The number of nitrogens with two attached hydrogens (primary N) is 1. The van der Waals surface area contributed by atoms with Crippen LogP contribution in [-0.4, -0.2) is 43.1 Å². The van der Waals surface area contributed by atoms with Crippen molar-refractivity contribution in [2.45, 2.75) is 63.0 Å². The predicted molar refractivity (Wildman–Crippen MR) is 109 cm³/mol. The maximum atomic E-state index is 10.8. The first kappa shape index (κ1) is 18.5. The third-order valence-corrected chi connectivity index (χ3v) is 6.43. The zero-order chi connectivity index (χ0) is 20.1. The lowest BCUT2D eigenvalue weighted by Gasteiger charge is -2.27. The molecule has 0 bridgehead atoms. The summed E-state index contributed by atoms with van der Waals surface area (Å²) < 4.78 is 8.18. The molecule has 3 aromatic rings. The van der Waals surface area contributed by atoms with Crippen molar-refractivity contribution in [1.29, 1.82) is 0 Å². The Kier molecular flexibility index (Phi) is 4.53. The van der Waals surface area contributed by atoms with Crippen molar-refractivity contribution in [3.8, 4) is 5.75 Å². The fourth-order valence-corrected chi connectivity index (χ4v) is 4.88. The SMILES string of the molecule is Cc1ncnc2c1ccn2[C@@H]1C[C@H](Oc2cccc3c2[C@H](N)CCC3)[C@@H](O)[C@H]1O. The Morgan fingerprint density at radius 1 is 1.17 bits per heavy atom. The van der Waals surface area contributed by atoms with Crippen LogP contribution in [0.4, 0.5) is 0 Å². The number of aliphatic hydroxyl groups is 2. The summed E-state index contributed by atoms with van der Waals surface area (Å²) >= 11 is 0. The van der Waals surface area contributed by atoms with E-state index in [0.717, 1.165) is 47.3 Å². The van der Waals surface area contributed by atoms with Crippen LogP contribution in [0.25, 0.3) is 11.0 Å². The van der Waals surface area contributed by atoms with Crippen LogP contribution in [-0.2, 0) is 6.42 Å². The van der Waals surface area contributed by atoms with Gasteiger partial charge in [-0.05, 0) is 43.9 Å². The number of aryl methyl sites for hydroxylation is 2. The molecule has 7 nitrogen and oxygen atoms in total. The molecule has 2 aliphatic carbocycles. The van der Waals surface area contributed by atoms with E-state index in [0.29, 0.717) is 6.42 Å². The van der Waals surface area contributed by atoms with Gasteiger partial charge in [-0.3, -0.25) is 0 Å². The van der Waals surface area contributed by atoms with Crippen LogP contribution in [0.15, 0.2) is 36.8 Å². The van der Waals surface area contributed by atoms with Gasteiger partial charge in [0.1, 0.15) is 36.0 Å². The summed E-state index contributed by atoms with van der Waals surface area (Å²) in [6.45, 7) is 1.93. The van der Waals surface area contributed by atoms with Gasteiger partial charge in [-0.15, -0.1) is 0 Å². The maximum Gasteiger partial charge on any atom is 0.143 e. The fraction of sp³-hybridized carbons (Fsp3) is 0.455. The zero-order valence-electron chi connectivity index (χ0n) is 16.4. The number of hydrogen-bond donors (Lipinski definition) is 3. The van der Waals surface area contributed by atoms with Crippen molar-refractivity contribution in [2.75, 3.05) is 0 Å². The molecule has 2 aliphatic rings. The minimum Gasteiger partial charge on any atom is -0.487 e. The van der Waals surface area contributed by atoms with Crippen LogP contribution in [0.3, 0.4) is 0 Å². The van der Waals surface area contributed by atoms with Gasteiger partial charge in [-0.1, -0.05) is 12.1 Å². The molecule has 5 rings (SSSR count). The van der Waals surface area contributed by atoms with Crippen LogP contribution < -0.4 is 10.5 Å². The van der Waals surface area contributed by atoms with Crippen molar-refractivity contribution < 1.29 is 14.9 Å². The molecule has 4 N–H and O–H groups in total. The lowest BCUT2D eigenvalue weighted by molar-refractivity contribution is -0.0167. The molecule has 0 spiro atoms. The number of nitrogens with zero attached hydrogens (tertiary/aromatic N) is 3. The highest BCUT2D eigenvalue weighted by Gasteiger charge is 2.44. The van der Waals surface area contributed by atoms with Gasteiger partial charge in [-0.25, -0.2) is 9.97 Å². The summed E-state index contributed by atoms with van der Waals surface area (Å²) in [4.78, 5) is 8.61. The number of fused-ring (bicyclic) bond motifs is 2. The molecule has 0 unspecified atom stereocenters. The lowest BCUT2D eigenvalue weighted by atomic mass is 9.87. The Hall–Kier alpha value is -2.48. The molecule has 0 amide bonds. The topological polar surface area (TPSA) is 106 Å². The first-order valence-corrected chi connectivity index (χ1v) is 10.2. The zero-order valence-corrected chi connectivity index (χ0v) is 16.4. The molecule has 1 aromatic carbocycles. The van der Waals surface area contributed by atoms with E-state index >= 15 is 0 Å². The van der Waals surface area contributed by atoms with E-state index < -0.39 is 18.3 Å². The van der Waals surface area contributed by atoms with Crippen LogP contribution >= 0.6 is 0 Å². The first-order valence-electron chi connectivity index (χ1n) is 10.2. The molecular weight excluding hydrogens is 368 g/mol. The number of hydrogen-bond acceptors (Lipinski definition) is 6. The molecule has 29 heavy (non-hydrogen) atoms. The normalized spacial score (nSPS) is 29.2. The van der Waals surface area contributed by atoms with Gasteiger partial charge in [-0.2, -0.15) is 0 Å². The van der Waals surface area contributed by atoms with Crippen LogP contribution in [0.1, 0.15) is 48.2 Å². The van der Waals surface area contributed by atoms with Gasteiger partial charge < -0.3 is 25.3 Å². The monoisotopic (exact) mass is 394 g/mol. The van der Waals surface area contributed by atoms with E-state index in [-0.39, 0.29) is 12.1 Å². The summed E-state index contributed by atoms with van der Waals surface area (Å²) in [6.07, 6.45) is 4.45. The quantitative estimate of drug-likeness (QED) is 0.629. The molecule has 152 valence electrons. The molecular formula is C22H26N4O3. The van der Waals surface area contributed by atoms with Crippen LogP contribution in [0.5, 0.6) is 5.75 Å². The number of benzene rings is 1. The second kappa shape index (κ2) is 7.09. The van der Waals surface area contributed by atoms with E-state index in [9.17, 15) is 10.2 Å². The van der Waals surface area contributed by atoms with E-state index in [1.807, 2.05) is 35.9 Å². The molecule has 7 heteroatoms. The minimum absolute atomic E-state index is 0.0534. The maximum absolute atomic E-state index is 10.8. The van der Waals surface area contributed by atoms with E-state index in [1.165, 1.54) is 11.9 Å². The first-order chi connectivity index (χ1) is 14.0. The average molecular weight is 394 g/mol. The van der Waals surface area contributed by atoms with Gasteiger partial charge in [0.25, 0.3) is 0 Å². The van der Waals surface area contributed by atoms with Gasteiger partial charge in [0.2, 0.25) is 0 Å². The molecule has 2 heterocycles. The molecule has 1 fully saturated rings. The second-order valence-electron chi connectivity index (χ2n) is 8.19. The summed E-state index contributed by atoms with van der Waals surface area (Å²) in [6, 6.07) is 7.55. The number of rotatable bonds is 3. The Balaban J connectivity index is 1.44. The van der Waals surface area contributed by atoms with Crippen molar-refractivity contribution in [3.63, 3.8) is 0 Å². The van der Waals surface area contributed by atoms with Gasteiger partial charge >= 0.3 is 0 Å². The molecule has 0 radical (unpaired) electrons. The summed E-state index contributed by atoms with van der Waals surface area (Å²) in [5.74, 6) is 0.724. The third-order valence-electron chi connectivity index (χ3n) is 6.43. The number of ether oxygens (including phenoxy) is 1. The Bertz CT molecular complexity index is 1050. The van der Waals surface area contributed by atoms with Gasteiger partial charge in [0.05, 0.1) is 11.7 Å². The Morgan fingerprint density at radius 2 is 2.03 bits per heavy atom. The van der Waals surface area contributed by atoms with E-state index in [4.69, 9.17) is 10.5 Å². The fourth-order valence-electron chi connectivity index (χ4n) is 4.88. The highest BCUT2D eigenvalue weighted by atomic mass is 16.5. The second-order valence-corrected chi connectivity index (χ2v) is 8.19. The minimum atomic E-state index is -0.990. The lowest BCUT2D eigenvalue weighted by Crippen LogP contribution is -2.34. The molecule has 5 atom stereocenters. The van der Waals surface area contributed by atoms with Crippen molar-refractivity contribution >= 4 is 11.0 Å². The molecule has 1 saturated carbocycles. The van der Waals surface area contributed by atoms with Crippen LogP contribution in [0, 0.1) is 6.92 Å². The highest BCUT2D eigenvalue weighted by molar-refractivity contribution is 5.78. The summed E-state index contributed by atoms with van der Waals surface area (Å²) in [5.41, 5.74) is 10.3. The predicted octanol–water partition coefficient (Wildman–Crippen LogP) is 2.19. The van der Waals surface area contributed by atoms with Gasteiger partial charge in [0, 0.05) is 29.6 Å². The van der Waals surface area contributed by atoms with Crippen molar-refractivity contribution in [3.05, 3.63) is 53.6 Å². The average Bonchev–Trinajstić information content (AvgIpc) is 3.26. The third kappa shape index (κ3) is 3.01.